The molecule has 38 nitrogen and oxygen atoms in total. The van der Waals surface area contributed by atoms with Crippen molar-refractivity contribution in [3.63, 3.8) is 0 Å². The standard InChI is InChI=1S/C19H18F3N7O.C18H14N6O3.C18H19N5O4.C17H17N5O2.C16H19N3O2/c20-19(21,22)13-6-3-9-24-16(13)29-10-4-5-12(11-29)17(30)26-18-25-15(27-28-18)14-7-1-2-8-23-14;25-15-6-2-4-10-24(15)11-12-7-8-14(27-12)17(26)21-18-20-16(22-23-18)13-5-1-3-9-19-13;1-25-13-8-11(9-14(26-2)16(13)27-3)10-15(24)20-18-21-17(22-23-18)12-6-4-5-7-19-12;23-15(9-11-24-12-13-6-2-1-3-7-13)19-17-20-16(21-22-17)14-8-4-5-10-18-14;1-3-4-9-21-12(2)16(20)11-13-10-15(19-18-13)14-7-5-6-8-17-14/h1-3,6-9,12H,4-5,10-11H2,(H2,25,26,27,28,30);1-10H,11H2,(H2,20,21,22,23,26);4-9H,10H2,1-3H3,(H2,20,21,22,23,24);1-8,10H,9,11-12H2,(H2,19,20,21,22,23);3,5-8,12H,1,4,9-11H2,2H3. The summed E-state index contributed by atoms with van der Waals surface area (Å²) >= 11 is 0. The first-order chi connectivity index (χ1) is 62.8. The number of hydrogen-bond acceptors (Lipinski definition) is 29. The van der Waals surface area contributed by atoms with E-state index in [-0.39, 0.29) is 96.8 Å². The molecule has 662 valence electrons. The van der Waals surface area contributed by atoms with E-state index in [0.717, 1.165) is 35.2 Å². The first-order valence-corrected chi connectivity index (χ1v) is 40.0. The third-order valence-electron chi connectivity index (χ3n) is 18.7. The maximum absolute atomic E-state index is 13.3. The normalized spacial score (nSPS) is 12.8. The quantitative estimate of drug-likeness (QED) is 0.0148. The smallest absolute Gasteiger partial charge is 0.419 e. The molecular weight excluding hydrogens is 1670 g/mol. The van der Waals surface area contributed by atoms with Crippen LogP contribution >= 0.6 is 0 Å². The van der Waals surface area contributed by atoms with E-state index in [4.69, 9.17) is 28.1 Å². The number of nitrogens with one attached hydrogen (secondary N) is 8. The third-order valence-corrected chi connectivity index (χ3v) is 18.7. The van der Waals surface area contributed by atoms with E-state index in [0.29, 0.717) is 120 Å². The average Bonchev–Trinajstić information content (AvgIpc) is 1.61. The van der Waals surface area contributed by atoms with E-state index >= 15 is 0 Å². The predicted octanol–water partition coefficient (Wildman–Crippen LogP) is 12.1. The Balaban J connectivity index is 0.000000147. The Hall–Kier alpha value is -16.3. The first-order valence-electron chi connectivity index (χ1n) is 40.0. The minimum atomic E-state index is -4.51. The van der Waals surface area contributed by atoms with E-state index in [2.05, 4.69) is 129 Å². The summed E-state index contributed by atoms with van der Waals surface area (Å²) in [5.74, 6) is 2.46. The van der Waals surface area contributed by atoms with E-state index in [1.165, 1.54) is 55.2 Å². The summed E-state index contributed by atoms with van der Waals surface area (Å²) in [6, 6.07) is 50.8. The molecule has 129 heavy (non-hydrogen) atoms. The van der Waals surface area contributed by atoms with E-state index in [9.17, 15) is 41.9 Å². The van der Waals surface area contributed by atoms with Crippen molar-refractivity contribution < 1.29 is 65.2 Å². The molecular formula is C88H87F3N26O12. The number of carbonyl (C=O) groups is 5. The van der Waals surface area contributed by atoms with Crippen LogP contribution in [0.4, 0.5) is 42.8 Å². The van der Waals surface area contributed by atoms with Crippen LogP contribution in [0.15, 0.2) is 251 Å². The number of ketones is 1. The van der Waals surface area contributed by atoms with Crippen LogP contribution in [0.1, 0.15) is 84.1 Å². The Morgan fingerprint density at radius 1 is 0.574 bits per heavy atom. The van der Waals surface area contributed by atoms with Gasteiger partial charge in [-0.05, 0) is 140 Å². The van der Waals surface area contributed by atoms with Crippen molar-refractivity contribution >= 4 is 70.4 Å². The molecule has 0 radical (unpaired) electrons. The zero-order chi connectivity index (χ0) is 90.7. The highest BCUT2D eigenvalue weighted by atomic mass is 19.4. The van der Waals surface area contributed by atoms with Crippen molar-refractivity contribution in [2.75, 3.05) is 73.8 Å². The van der Waals surface area contributed by atoms with Gasteiger partial charge in [0.05, 0.1) is 89.1 Å². The number of benzene rings is 2. The number of anilines is 5. The van der Waals surface area contributed by atoms with Crippen molar-refractivity contribution in [2.45, 2.75) is 77.3 Å². The lowest BCUT2D eigenvalue weighted by molar-refractivity contribution is -0.137. The van der Waals surface area contributed by atoms with Gasteiger partial charge in [0.25, 0.3) is 11.5 Å². The SMILES string of the molecule is C=CCCOC(C)C(=O)CC1=NN=C(c2ccccn2)C1.COc1cc(CC(=O)Nc2n[nH]c(-c3ccccn3)n2)cc(OC)c1OC.O=C(CCOCc1ccccc1)Nc1n[nH]c(-c2ccccn2)n1.O=C(Nc1n[nH]c(-c2ccccn2)n1)C1CCCN(c2ncccc2C(F)(F)F)C1.O=C(Nc1n[nH]c(-c2ccccn2)n1)c1ccc(Cn2ccccc2=O)o1. The van der Waals surface area contributed by atoms with Gasteiger partial charge in [-0.25, -0.2) is 4.98 Å². The topological polar surface area (TPSA) is 486 Å². The molecule has 1 fully saturated rings. The van der Waals surface area contributed by atoms with Crippen LogP contribution in [0.5, 0.6) is 17.2 Å². The fraction of sp³-hybridized carbons (Fsp3) is 0.227. The Labute approximate surface area is 734 Å². The van der Waals surface area contributed by atoms with Gasteiger partial charge in [0.15, 0.2) is 46.3 Å². The van der Waals surface area contributed by atoms with Gasteiger partial charge in [-0.3, -0.25) is 95.3 Å². The molecule has 14 heterocycles. The summed E-state index contributed by atoms with van der Waals surface area (Å²) in [6.07, 6.45) is 11.1. The summed E-state index contributed by atoms with van der Waals surface area (Å²) in [5, 5.41) is 45.4. The van der Waals surface area contributed by atoms with Crippen LogP contribution in [-0.2, 0) is 54.4 Å². The van der Waals surface area contributed by atoms with Crippen LogP contribution in [-0.4, -0.2) is 190 Å². The molecule has 41 heteroatoms. The number of carbonyl (C=O) groups excluding carboxylic acids is 5. The Morgan fingerprint density at radius 2 is 1.10 bits per heavy atom. The molecule has 0 saturated carbocycles. The number of alkyl halides is 3. The zero-order valence-corrected chi connectivity index (χ0v) is 70.0. The lowest BCUT2D eigenvalue weighted by Crippen LogP contribution is -2.42. The molecule has 1 saturated heterocycles. The number of ether oxygens (including phenoxy) is 5. The molecule has 2 aromatic carbocycles. The van der Waals surface area contributed by atoms with Crippen molar-refractivity contribution in [2.24, 2.45) is 16.1 Å². The summed E-state index contributed by atoms with van der Waals surface area (Å²) in [5.41, 5.74) is 5.67. The number of Topliss-reactive ketones (excluding diaryl/α,β-unsaturated/α-hetero) is 1. The fourth-order valence-corrected chi connectivity index (χ4v) is 12.4. The van der Waals surface area contributed by atoms with Gasteiger partial charge in [0.2, 0.25) is 47.3 Å². The number of furan rings is 1. The average molecular weight is 1760 g/mol. The van der Waals surface area contributed by atoms with Gasteiger partial charge in [0, 0.05) is 75.4 Å². The second-order valence-corrected chi connectivity index (χ2v) is 27.9. The Morgan fingerprint density at radius 3 is 1.63 bits per heavy atom. The lowest BCUT2D eigenvalue weighted by Gasteiger charge is -2.33. The second-order valence-electron chi connectivity index (χ2n) is 27.9. The number of aromatic nitrogens is 19. The van der Waals surface area contributed by atoms with Gasteiger partial charge in [-0.1, -0.05) is 72.8 Å². The molecule has 0 aliphatic carbocycles. The molecule has 2 aliphatic heterocycles. The van der Waals surface area contributed by atoms with E-state index < -0.39 is 29.7 Å². The van der Waals surface area contributed by atoms with Crippen LogP contribution < -0.4 is 45.9 Å². The fourth-order valence-electron chi connectivity index (χ4n) is 12.4. The van der Waals surface area contributed by atoms with E-state index in [1.54, 1.807) is 123 Å². The second kappa shape index (κ2) is 46.4. The van der Waals surface area contributed by atoms with Gasteiger partial charge >= 0.3 is 6.18 Å². The van der Waals surface area contributed by atoms with Crippen LogP contribution in [0.3, 0.4) is 0 Å². The van der Waals surface area contributed by atoms with Crippen LogP contribution in [0, 0.1) is 5.92 Å². The number of hydrogen-bond donors (Lipinski definition) is 8. The highest BCUT2D eigenvalue weighted by Gasteiger charge is 2.38. The van der Waals surface area contributed by atoms with Gasteiger partial charge in [-0.2, -0.15) is 43.3 Å². The number of pyridine rings is 7. The lowest BCUT2D eigenvalue weighted by atomic mass is 9.96. The largest absolute Gasteiger partial charge is 0.493 e. The Kier molecular flexibility index (Phi) is 33.0. The summed E-state index contributed by atoms with van der Waals surface area (Å²) in [7, 11) is 4.57. The highest BCUT2D eigenvalue weighted by Crippen LogP contribution is 2.39. The molecule has 14 aromatic rings. The molecule has 8 N–H and O–H groups in total. The molecule has 12 aromatic heterocycles. The predicted molar refractivity (Wildman–Crippen MR) is 468 cm³/mol. The summed E-state index contributed by atoms with van der Waals surface area (Å²) in [4.78, 5) is 116. The number of nitrogens with zero attached hydrogens (tertiary/aromatic N) is 18. The molecule has 4 amide bonds. The Bertz CT molecular complexity index is 6100. The van der Waals surface area contributed by atoms with Crippen molar-refractivity contribution in [1.29, 1.82) is 0 Å². The molecule has 16 rings (SSSR count). The maximum Gasteiger partial charge on any atom is 0.419 e. The number of aromatic amines is 4. The maximum atomic E-state index is 13.3. The number of methoxy groups -OCH3 is 3. The molecule has 0 bridgehead atoms. The number of amides is 4. The highest BCUT2D eigenvalue weighted by molar-refractivity contribution is 6.18. The third kappa shape index (κ3) is 27.3. The molecule has 2 atom stereocenters. The number of halogens is 3. The van der Waals surface area contributed by atoms with Gasteiger partial charge < -0.3 is 37.6 Å². The molecule has 0 spiro atoms. The minimum Gasteiger partial charge on any atom is -0.493 e. The van der Waals surface area contributed by atoms with Crippen LogP contribution in [0.2, 0.25) is 0 Å². The monoisotopic (exact) mass is 1760 g/mol. The first kappa shape index (κ1) is 91.9. The van der Waals surface area contributed by atoms with E-state index in [1.807, 2.05) is 78.9 Å². The van der Waals surface area contributed by atoms with Crippen molar-refractivity contribution in [3.8, 4) is 63.3 Å². The van der Waals surface area contributed by atoms with Gasteiger partial charge in [0.1, 0.15) is 40.5 Å². The van der Waals surface area contributed by atoms with Crippen molar-refractivity contribution in [3.05, 3.63) is 276 Å². The van der Waals surface area contributed by atoms with Crippen molar-refractivity contribution in [1.82, 2.24) is 95.2 Å². The number of H-pyrrole nitrogens is 4. The molecule has 2 unspecified atom stereocenters. The number of rotatable bonds is 31. The minimum absolute atomic E-state index is 0.0234. The summed E-state index contributed by atoms with van der Waals surface area (Å²) < 4.78 is 73.8. The van der Waals surface area contributed by atoms with Gasteiger partial charge in [-0.15, -0.1) is 27.0 Å². The van der Waals surface area contributed by atoms with Crippen LogP contribution in [0.25, 0.3) is 46.1 Å². The molecule has 2 aliphatic rings. The summed E-state index contributed by atoms with van der Waals surface area (Å²) in [6.45, 7) is 7.47. The zero-order valence-electron chi connectivity index (χ0n) is 70.0. The number of piperidine rings is 1.